The Hall–Kier alpha value is -3.57. The Morgan fingerprint density at radius 1 is 1.00 bits per heavy atom. The molecule has 0 unspecified atom stereocenters. The van der Waals surface area contributed by atoms with Crippen molar-refractivity contribution in [2.45, 2.75) is 24.9 Å². The van der Waals surface area contributed by atoms with Gasteiger partial charge in [-0.05, 0) is 49.4 Å². The largest absolute Gasteiger partial charge is 0.439 e. The first-order valence-corrected chi connectivity index (χ1v) is 11.5. The summed E-state index contributed by atoms with van der Waals surface area (Å²) in [6.07, 6.45) is 1.44. The number of aryl methyl sites for hydroxylation is 1. The molecule has 2 aromatic carbocycles. The molecule has 172 valence electrons. The zero-order valence-corrected chi connectivity index (χ0v) is 19.0. The van der Waals surface area contributed by atoms with Gasteiger partial charge in [-0.25, -0.2) is 22.1 Å². The Labute approximate surface area is 188 Å². The minimum absolute atomic E-state index is 0.0196. The number of fused-ring (bicyclic) bond motifs is 1. The maximum atomic E-state index is 13.2. The van der Waals surface area contributed by atoms with Crippen LogP contribution in [0.5, 0.6) is 0 Å². The first-order chi connectivity index (χ1) is 15.6. The van der Waals surface area contributed by atoms with E-state index in [1.807, 2.05) is 0 Å². The fraction of sp³-hybridized carbons (Fsp3) is 0.227. The van der Waals surface area contributed by atoms with Gasteiger partial charge in [0.2, 0.25) is 15.9 Å². The molecule has 0 bridgehead atoms. The van der Waals surface area contributed by atoms with Gasteiger partial charge in [0.15, 0.2) is 5.76 Å². The van der Waals surface area contributed by atoms with Gasteiger partial charge < -0.3 is 8.98 Å². The average molecular weight is 472 g/mol. The first kappa shape index (κ1) is 22.6. The van der Waals surface area contributed by atoms with Gasteiger partial charge in [0.05, 0.1) is 22.1 Å². The maximum absolute atomic E-state index is 13.2. The second-order valence-electron chi connectivity index (χ2n) is 7.50. The first-order valence-electron chi connectivity index (χ1n) is 10.0. The normalized spacial score (nSPS) is 12.0. The van der Waals surface area contributed by atoms with Crippen LogP contribution in [0.3, 0.4) is 0 Å². The van der Waals surface area contributed by atoms with Crippen LogP contribution in [0.15, 0.2) is 67.6 Å². The lowest BCUT2D eigenvalue weighted by Gasteiger charge is -2.16. The highest BCUT2D eigenvalue weighted by atomic mass is 32.2. The molecule has 0 saturated heterocycles. The summed E-state index contributed by atoms with van der Waals surface area (Å²) in [7, 11) is -0.963. The zero-order valence-electron chi connectivity index (χ0n) is 18.1. The molecule has 0 aliphatic rings. The van der Waals surface area contributed by atoms with E-state index in [9.17, 15) is 22.4 Å². The van der Waals surface area contributed by atoms with E-state index in [0.29, 0.717) is 16.8 Å². The van der Waals surface area contributed by atoms with Crippen molar-refractivity contribution in [1.82, 2.24) is 18.4 Å². The van der Waals surface area contributed by atoms with Crippen LogP contribution < -0.4 is 11.1 Å². The van der Waals surface area contributed by atoms with E-state index < -0.39 is 27.0 Å². The van der Waals surface area contributed by atoms with Crippen LogP contribution >= 0.6 is 0 Å². The molecule has 0 N–H and O–H groups in total. The molecule has 2 aromatic heterocycles. The van der Waals surface area contributed by atoms with Crippen LogP contribution in [0.25, 0.3) is 22.4 Å². The minimum Gasteiger partial charge on any atom is -0.439 e. The summed E-state index contributed by atoms with van der Waals surface area (Å²) in [5.74, 6) is 0.101. The van der Waals surface area contributed by atoms with E-state index in [-0.39, 0.29) is 29.4 Å². The number of rotatable bonds is 6. The Morgan fingerprint density at radius 3 is 2.30 bits per heavy atom. The fourth-order valence-electron chi connectivity index (χ4n) is 3.51. The molecule has 0 amide bonds. The van der Waals surface area contributed by atoms with E-state index in [1.54, 1.807) is 6.92 Å². The number of hydrogen-bond donors (Lipinski definition) is 0. The predicted molar refractivity (Wildman–Crippen MR) is 120 cm³/mol. The molecule has 0 aliphatic heterocycles. The molecule has 0 atom stereocenters. The molecule has 2 heterocycles. The van der Waals surface area contributed by atoms with Gasteiger partial charge in [-0.15, -0.1) is 0 Å². The van der Waals surface area contributed by atoms with Gasteiger partial charge in [0, 0.05) is 26.2 Å². The molecule has 0 aliphatic carbocycles. The topological polar surface area (TPSA) is 107 Å². The molecular weight excluding hydrogens is 451 g/mol. The Bertz CT molecular complexity index is 1570. The summed E-state index contributed by atoms with van der Waals surface area (Å²) in [4.78, 5) is 29.8. The number of benzene rings is 2. The SMILES string of the molecule is CCn1c(=O)c(=O)n(Cc2ncc(-c3ccc(F)cc3)o2)c2cc(S(=O)(=O)N(C)C)ccc21. The van der Waals surface area contributed by atoms with Crippen molar-refractivity contribution >= 4 is 21.1 Å². The Balaban J connectivity index is 1.88. The summed E-state index contributed by atoms with van der Waals surface area (Å²) >= 11 is 0. The third-order valence-electron chi connectivity index (χ3n) is 5.27. The summed E-state index contributed by atoms with van der Waals surface area (Å²) < 4.78 is 47.7. The summed E-state index contributed by atoms with van der Waals surface area (Å²) in [5.41, 5.74) is -0.312. The zero-order chi connectivity index (χ0) is 23.9. The standard InChI is InChI=1S/C22H21FN4O5S/c1-4-26-17-10-9-16(33(30,31)25(2)3)11-18(17)27(22(29)21(26)28)13-20-24-12-19(32-20)14-5-7-15(23)8-6-14/h5-12H,4,13H2,1-3H3. The molecule has 4 aromatic rings. The van der Waals surface area contributed by atoms with Gasteiger partial charge >= 0.3 is 11.1 Å². The number of oxazole rings is 1. The number of nitrogens with zero attached hydrogens (tertiary/aromatic N) is 4. The number of sulfonamides is 1. The van der Waals surface area contributed by atoms with Crippen molar-refractivity contribution in [3.8, 4) is 11.3 Å². The summed E-state index contributed by atoms with van der Waals surface area (Å²) in [6, 6.07) is 9.90. The van der Waals surface area contributed by atoms with Gasteiger partial charge in [-0.3, -0.25) is 14.2 Å². The van der Waals surface area contributed by atoms with Gasteiger partial charge in [-0.1, -0.05) is 0 Å². The molecule has 0 saturated carbocycles. The smallest absolute Gasteiger partial charge is 0.317 e. The average Bonchev–Trinajstić information content (AvgIpc) is 3.26. The van der Waals surface area contributed by atoms with E-state index >= 15 is 0 Å². The van der Waals surface area contributed by atoms with Crippen molar-refractivity contribution < 1.29 is 17.2 Å². The van der Waals surface area contributed by atoms with Crippen molar-refractivity contribution in [2.24, 2.45) is 0 Å². The lowest BCUT2D eigenvalue weighted by atomic mass is 10.2. The highest BCUT2D eigenvalue weighted by molar-refractivity contribution is 7.89. The van der Waals surface area contributed by atoms with E-state index in [0.717, 1.165) is 8.87 Å². The maximum Gasteiger partial charge on any atom is 0.317 e. The van der Waals surface area contributed by atoms with Gasteiger partial charge in [-0.2, -0.15) is 0 Å². The quantitative estimate of drug-likeness (QED) is 0.399. The van der Waals surface area contributed by atoms with Crippen LogP contribution in [-0.2, 0) is 23.1 Å². The van der Waals surface area contributed by atoms with Crippen LogP contribution in [-0.4, -0.2) is 40.9 Å². The molecule has 33 heavy (non-hydrogen) atoms. The summed E-state index contributed by atoms with van der Waals surface area (Å²) in [6.45, 7) is 1.76. The summed E-state index contributed by atoms with van der Waals surface area (Å²) in [5, 5.41) is 0. The monoisotopic (exact) mass is 472 g/mol. The van der Waals surface area contributed by atoms with E-state index in [4.69, 9.17) is 4.42 Å². The molecule has 0 fully saturated rings. The lowest BCUT2D eigenvalue weighted by Crippen LogP contribution is -2.41. The third-order valence-corrected chi connectivity index (χ3v) is 7.08. The van der Waals surface area contributed by atoms with Gasteiger partial charge in [0.25, 0.3) is 0 Å². The Kier molecular flexibility index (Phi) is 5.76. The highest BCUT2D eigenvalue weighted by Crippen LogP contribution is 2.23. The van der Waals surface area contributed by atoms with Crippen LogP contribution in [0.4, 0.5) is 4.39 Å². The third kappa shape index (κ3) is 4.00. The minimum atomic E-state index is -3.78. The van der Waals surface area contributed by atoms with Crippen molar-refractivity contribution in [1.29, 1.82) is 0 Å². The van der Waals surface area contributed by atoms with Crippen molar-refractivity contribution in [3.05, 3.63) is 81.1 Å². The van der Waals surface area contributed by atoms with Crippen LogP contribution in [0.2, 0.25) is 0 Å². The molecular formula is C22H21FN4O5S. The molecule has 9 nitrogen and oxygen atoms in total. The second kappa shape index (κ2) is 8.41. The van der Waals surface area contributed by atoms with E-state index in [1.165, 1.54) is 67.3 Å². The van der Waals surface area contributed by atoms with E-state index in [2.05, 4.69) is 4.98 Å². The molecule has 0 spiro atoms. The second-order valence-corrected chi connectivity index (χ2v) is 9.66. The van der Waals surface area contributed by atoms with Crippen molar-refractivity contribution in [2.75, 3.05) is 14.1 Å². The van der Waals surface area contributed by atoms with Crippen LogP contribution in [0, 0.1) is 5.82 Å². The number of hydrogen-bond acceptors (Lipinski definition) is 6. The molecule has 4 rings (SSSR count). The molecule has 0 radical (unpaired) electrons. The fourth-order valence-corrected chi connectivity index (χ4v) is 4.43. The predicted octanol–water partition coefficient (Wildman–Crippen LogP) is 2.28. The van der Waals surface area contributed by atoms with Crippen LogP contribution in [0.1, 0.15) is 12.8 Å². The molecule has 11 heteroatoms. The van der Waals surface area contributed by atoms with Crippen molar-refractivity contribution in [3.63, 3.8) is 0 Å². The Morgan fingerprint density at radius 2 is 1.67 bits per heavy atom. The number of aromatic nitrogens is 3. The highest BCUT2D eigenvalue weighted by Gasteiger charge is 2.21. The lowest BCUT2D eigenvalue weighted by molar-refractivity contribution is 0.486. The number of halogens is 1. The van der Waals surface area contributed by atoms with Gasteiger partial charge in [0.1, 0.15) is 12.4 Å².